The third kappa shape index (κ3) is 5.80. The largest absolute Gasteiger partial charge is 0.493 e. The Balaban J connectivity index is 1.67. The number of rotatable bonds is 8. The van der Waals surface area contributed by atoms with Crippen molar-refractivity contribution in [3.8, 4) is 11.5 Å². The van der Waals surface area contributed by atoms with Crippen LogP contribution < -0.4 is 14.9 Å². The molecule has 4 nitrogen and oxygen atoms in total. The minimum Gasteiger partial charge on any atom is -0.493 e. The van der Waals surface area contributed by atoms with E-state index in [1.807, 2.05) is 48.5 Å². The fourth-order valence-corrected chi connectivity index (χ4v) is 3.28. The Hall–Kier alpha value is -2.40. The second kappa shape index (κ2) is 10.4. The summed E-state index contributed by atoms with van der Waals surface area (Å²) in [5, 5.41) is 5.97. The number of hydrazone groups is 1. The summed E-state index contributed by atoms with van der Waals surface area (Å²) >= 11 is 18.7. The summed E-state index contributed by atoms with van der Waals surface area (Å²) in [6.07, 6.45) is 1.66. The highest BCUT2D eigenvalue weighted by molar-refractivity contribution is 6.32. The molecule has 3 rings (SSSR count). The fourth-order valence-electron chi connectivity index (χ4n) is 2.61. The molecule has 0 fully saturated rings. The molecule has 0 aromatic heterocycles. The Bertz CT molecular complexity index is 1010. The minimum atomic E-state index is 0.280. The Morgan fingerprint density at radius 2 is 1.55 bits per heavy atom. The van der Waals surface area contributed by atoms with E-state index in [-0.39, 0.29) is 6.61 Å². The molecule has 7 heteroatoms. The van der Waals surface area contributed by atoms with E-state index in [4.69, 9.17) is 44.3 Å². The van der Waals surface area contributed by atoms with Gasteiger partial charge in [-0.3, -0.25) is 0 Å². The smallest absolute Gasteiger partial charge is 0.180 e. The first kappa shape index (κ1) is 21.3. The van der Waals surface area contributed by atoms with Crippen LogP contribution >= 0.6 is 34.8 Å². The lowest BCUT2D eigenvalue weighted by atomic mass is 10.2. The zero-order valence-corrected chi connectivity index (χ0v) is 17.9. The molecular weight excluding hydrogens is 431 g/mol. The van der Waals surface area contributed by atoms with Gasteiger partial charge < -0.3 is 14.9 Å². The second-order valence-electron chi connectivity index (χ2n) is 6.10. The summed E-state index contributed by atoms with van der Waals surface area (Å²) in [5.41, 5.74) is 5.56. The monoisotopic (exact) mass is 448 g/mol. The molecule has 0 aliphatic carbocycles. The second-order valence-corrected chi connectivity index (χ2v) is 7.32. The van der Waals surface area contributed by atoms with Crippen LogP contribution in [0.4, 0.5) is 0 Å². The normalized spacial score (nSPS) is 10.9. The van der Waals surface area contributed by atoms with E-state index in [2.05, 4.69) is 10.5 Å². The first-order valence-corrected chi connectivity index (χ1v) is 9.95. The van der Waals surface area contributed by atoms with Crippen LogP contribution in [0.1, 0.15) is 16.7 Å². The van der Waals surface area contributed by atoms with E-state index in [1.54, 1.807) is 25.5 Å². The highest BCUT2D eigenvalue weighted by atomic mass is 35.5. The molecule has 0 atom stereocenters. The Morgan fingerprint density at radius 3 is 2.21 bits per heavy atom. The SMILES string of the molecule is COc1cc(/C=N\NCc2ccccc2Cl)cc(Cl)c1OCc1ccccc1Cl. The van der Waals surface area contributed by atoms with Crippen LogP contribution in [0.5, 0.6) is 11.5 Å². The summed E-state index contributed by atoms with van der Waals surface area (Å²) in [6, 6.07) is 18.6. The quantitative estimate of drug-likeness (QED) is 0.321. The predicted molar refractivity (Wildman–Crippen MR) is 120 cm³/mol. The third-order valence-corrected chi connectivity index (χ3v) is 5.13. The number of halogens is 3. The molecule has 0 saturated carbocycles. The maximum Gasteiger partial charge on any atom is 0.180 e. The van der Waals surface area contributed by atoms with Crippen LogP contribution in [-0.2, 0) is 13.2 Å². The van der Waals surface area contributed by atoms with Crippen LogP contribution in [0.15, 0.2) is 65.8 Å². The van der Waals surface area contributed by atoms with Crippen molar-refractivity contribution in [2.45, 2.75) is 13.2 Å². The maximum absolute atomic E-state index is 6.41. The van der Waals surface area contributed by atoms with Crippen LogP contribution in [0, 0.1) is 0 Å². The lowest BCUT2D eigenvalue weighted by Gasteiger charge is -2.14. The molecule has 0 amide bonds. The molecule has 0 heterocycles. The van der Waals surface area contributed by atoms with Gasteiger partial charge in [0, 0.05) is 15.6 Å². The zero-order chi connectivity index (χ0) is 20.6. The molecule has 0 aliphatic heterocycles. The van der Waals surface area contributed by atoms with Gasteiger partial charge in [-0.25, -0.2) is 0 Å². The molecule has 0 unspecified atom stereocenters. The van der Waals surface area contributed by atoms with Crippen LogP contribution in [0.2, 0.25) is 15.1 Å². The van der Waals surface area contributed by atoms with E-state index in [0.29, 0.717) is 33.1 Å². The average molecular weight is 450 g/mol. The number of nitrogens with zero attached hydrogens (tertiary/aromatic N) is 1. The molecule has 3 aromatic rings. The van der Waals surface area contributed by atoms with Gasteiger partial charge in [0.05, 0.1) is 24.9 Å². The Kier molecular flexibility index (Phi) is 7.64. The van der Waals surface area contributed by atoms with Gasteiger partial charge in [0.15, 0.2) is 11.5 Å². The minimum absolute atomic E-state index is 0.280. The van der Waals surface area contributed by atoms with Crippen LogP contribution in [0.3, 0.4) is 0 Å². The van der Waals surface area contributed by atoms with Crippen LogP contribution in [0.25, 0.3) is 0 Å². The van der Waals surface area contributed by atoms with Crippen molar-refractivity contribution in [2.75, 3.05) is 7.11 Å². The maximum atomic E-state index is 6.41. The van der Waals surface area contributed by atoms with Crippen molar-refractivity contribution < 1.29 is 9.47 Å². The van der Waals surface area contributed by atoms with Gasteiger partial charge in [0.25, 0.3) is 0 Å². The fraction of sp³-hybridized carbons (Fsp3) is 0.136. The number of hydrogen-bond acceptors (Lipinski definition) is 4. The third-order valence-electron chi connectivity index (χ3n) is 4.11. The van der Waals surface area contributed by atoms with Gasteiger partial charge in [-0.15, -0.1) is 0 Å². The molecule has 0 saturated heterocycles. The number of ether oxygens (including phenoxy) is 2. The van der Waals surface area contributed by atoms with Gasteiger partial charge in [-0.1, -0.05) is 71.2 Å². The van der Waals surface area contributed by atoms with Crippen molar-refractivity contribution >= 4 is 41.0 Å². The predicted octanol–water partition coefficient (Wildman–Crippen LogP) is 6.36. The van der Waals surface area contributed by atoms with E-state index in [0.717, 1.165) is 16.7 Å². The van der Waals surface area contributed by atoms with Crippen molar-refractivity contribution in [3.63, 3.8) is 0 Å². The first-order chi connectivity index (χ1) is 14.1. The number of hydrogen-bond donors (Lipinski definition) is 1. The highest BCUT2D eigenvalue weighted by Crippen LogP contribution is 2.37. The Morgan fingerprint density at radius 1 is 0.897 bits per heavy atom. The summed E-state index contributed by atoms with van der Waals surface area (Å²) in [7, 11) is 1.56. The number of methoxy groups -OCH3 is 1. The molecule has 1 N–H and O–H groups in total. The van der Waals surface area contributed by atoms with Crippen molar-refractivity contribution in [1.29, 1.82) is 0 Å². The standard InChI is InChI=1S/C22H19Cl3N2O2/c1-28-21-11-15(12-26-27-13-16-6-2-4-8-18(16)23)10-20(25)22(21)29-14-17-7-3-5-9-19(17)24/h2-12,27H,13-14H2,1H3/b26-12-. The van der Waals surface area contributed by atoms with E-state index < -0.39 is 0 Å². The summed E-state index contributed by atoms with van der Waals surface area (Å²) in [6.45, 7) is 0.794. The van der Waals surface area contributed by atoms with Crippen molar-refractivity contribution in [1.82, 2.24) is 5.43 Å². The Labute approximate surface area is 185 Å². The molecular formula is C22H19Cl3N2O2. The number of nitrogens with one attached hydrogen (secondary N) is 1. The van der Waals surface area contributed by atoms with Crippen molar-refractivity contribution in [2.24, 2.45) is 5.10 Å². The van der Waals surface area contributed by atoms with Crippen molar-refractivity contribution in [3.05, 3.63) is 92.4 Å². The summed E-state index contributed by atoms with van der Waals surface area (Å²) in [4.78, 5) is 0. The van der Waals surface area contributed by atoms with E-state index in [1.165, 1.54) is 0 Å². The molecule has 150 valence electrons. The van der Waals surface area contributed by atoms with E-state index in [9.17, 15) is 0 Å². The molecule has 0 aliphatic rings. The number of benzene rings is 3. The lowest BCUT2D eigenvalue weighted by molar-refractivity contribution is 0.285. The van der Waals surface area contributed by atoms with Crippen LogP contribution in [-0.4, -0.2) is 13.3 Å². The van der Waals surface area contributed by atoms with Gasteiger partial charge in [0.2, 0.25) is 0 Å². The molecule has 0 radical (unpaired) electrons. The summed E-state index contributed by atoms with van der Waals surface area (Å²) in [5.74, 6) is 0.965. The average Bonchev–Trinajstić information content (AvgIpc) is 2.72. The molecule has 29 heavy (non-hydrogen) atoms. The lowest BCUT2D eigenvalue weighted by Crippen LogP contribution is -2.06. The van der Waals surface area contributed by atoms with Gasteiger partial charge >= 0.3 is 0 Å². The van der Waals surface area contributed by atoms with Gasteiger partial charge in [0.1, 0.15) is 6.61 Å². The zero-order valence-electron chi connectivity index (χ0n) is 15.7. The topological polar surface area (TPSA) is 42.8 Å². The van der Waals surface area contributed by atoms with E-state index >= 15 is 0 Å². The van der Waals surface area contributed by atoms with Gasteiger partial charge in [-0.05, 0) is 35.4 Å². The highest BCUT2D eigenvalue weighted by Gasteiger charge is 2.12. The first-order valence-electron chi connectivity index (χ1n) is 8.81. The summed E-state index contributed by atoms with van der Waals surface area (Å²) < 4.78 is 11.3. The van der Waals surface area contributed by atoms with Gasteiger partial charge in [-0.2, -0.15) is 5.10 Å². The molecule has 0 spiro atoms. The molecule has 0 bridgehead atoms. The molecule has 3 aromatic carbocycles.